The van der Waals surface area contributed by atoms with Crippen LogP contribution in [0, 0.1) is 0 Å². The Morgan fingerprint density at radius 2 is 2.09 bits per heavy atom. The number of para-hydroxylation sites is 1. The molecule has 1 aliphatic heterocycles. The summed E-state index contributed by atoms with van der Waals surface area (Å²) in [7, 11) is 0. The van der Waals surface area contributed by atoms with Gasteiger partial charge in [0.1, 0.15) is 11.9 Å². The van der Waals surface area contributed by atoms with Gasteiger partial charge >= 0.3 is 12.1 Å². The third-order valence-electron chi connectivity index (χ3n) is 3.81. The number of rotatable bonds is 3. The van der Waals surface area contributed by atoms with Crippen molar-refractivity contribution < 1.29 is 27.8 Å². The Kier molecular flexibility index (Phi) is 3.60. The fourth-order valence-electron chi connectivity index (χ4n) is 3.03. The van der Waals surface area contributed by atoms with Gasteiger partial charge in [0.15, 0.2) is 0 Å². The number of fused-ring (bicyclic) bond motifs is 1. The van der Waals surface area contributed by atoms with Crippen molar-refractivity contribution in [2.24, 2.45) is 0 Å². The number of ether oxygens (including phenoxy) is 1. The fourth-order valence-corrected chi connectivity index (χ4v) is 3.03. The van der Waals surface area contributed by atoms with Crippen LogP contribution in [0.1, 0.15) is 30.3 Å². The van der Waals surface area contributed by atoms with Gasteiger partial charge < -0.3 is 14.4 Å². The molecule has 0 amide bonds. The molecule has 1 fully saturated rings. The smallest absolute Gasteiger partial charge is 0.431 e. The molecule has 0 bridgehead atoms. The third kappa shape index (κ3) is 2.45. The summed E-state index contributed by atoms with van der Waals surface area (Å²) in [6.45, 7) is 0.405. The summed E-state index contributed by atoms with van der Waals surface area (Å²) >= 11 is 0. The van der Waals surface area contributed by atoms with E-state index >= 15 is 0 Å². The van der Waals surface area contributed by atoms with E-state index in [0.717, 1.165) is 4.57 Å². The molecule has 1 atom stereocenters. The van der Waals surface area contributed by atoms with E-state index in [2.05, 4.69) is 0 Å². The molecule has 0 spiro atoms. The van der Waals surface area contributed by atoms with Gasteiger partial charge in [-0.05, 0) is 18.9 Å². The number of carboxylic acid groups (broad SMARTS) is 1. The maximum Gasteiger partial charge on any atom is 0.431 e. The molecule has 7 heteroatoms. The van der Waals surface area contributed by atoms with Crippen LogP contribution in [0.2, 0.25) is 0 Å². The number of nitrogens with zero attached hydrogens (tertiary/aromatic N) is 1. The highest BCUT2D eigenvalue weighted by molar-refractivity contribution is 5.89. The molecule has 4 nitrogen and oxygen atoms in total. The topological polar surface area (TPSA) is 51.5 Å². The zero-order valence-electron chi connectivity index (χ0n) is 11.6. The van der Waals surface area contributed by atoms with E-state index in [1.165, 1.54) is 6.07 Å². The van der Waals surface area contributed by atoms with Gasteiger partial charge in [-0.25, -0.2) is 0 Å². The van der Waals surface area contributed by atoms with Crippen LogP contribution in [0.15, 0.2) is 24.3 Å². The lowest BCUT2D eigenvalue weighted by atomic mass is 10.1. The summed E-state index contributed by atoms with van der Waals surface area (Å²) in [4.78, 5) is 11.0. The van der Waals surface area contributed by atoms with Gasteiger partial charge in [-0.2, -0.15) is 13.2 Å². The lowest BCUT2D eigenvalue weighted by Crippen LogP contribution is -2.20. The van der Waals surface area contributed by atoms with Crippen molar-refractivity contribution in [1.82, 2.24) is 4.57 Å². The van der Waals surface area contributed by atoms with Crippen LogP contribution in [-0.4, -0.2) is 22.2 Å². The van der Waals surface area contributed by atoms with Crippen LogP contribution in [0.4, 0.5) is 13.2 Å². The van der Waals surface area contributed by atoms with Crippen molar-refractivity contribution in [2.75, 3.05) is 6.61 Å². The highest BCUT2D eigenvalue weighted by atomic mass is 19.4. The van der Waals surface area contributed by atoms with Crippen LogP contribution in [0.5, 0.6) is 0 Å². The molecule has 1 N–H and O–H groups in total. The molecule has 1 saturated heterocycles. The molecule has 1 aromatic heterocycles. The van der Waals surface area contributed by atoms with E-state index in [1.807, 2.05) is 0 Å². The Bertz CT molecular complexity index is 715. The monoisotopic (exact) mass is 313 g/mol. The normalized spacial score (nSPS) is 19.0. The largest absolute Gasteiger partial charge is 0.481 e. The van der Waals surface area contributed by atoms with Gasteiger partial charge in [0.25, 0.3) is 0 Å². The Morgan fingerprint density at radius 3 is 2.68 bits per heavy atom. The predicted octanol–water partition coefficient (Wildman–Crippen LogP) is 3.60. The number of carboxylic acids is 1. The maximum atomic E-state index is 13.6. The minimum atomic E-state index is -4.64. The maximum absolute atomic E-state index is 13.6. The van der Waals surface area contributed by atoms with Crippen molar-refractivity contribution in [3.63, 3.8) is 0 Å². The van der Waals surface area contributed by atoms with Crippen LogP contribution in [-0.2, 0) is 22.1 Å². The molecule has 0 saturated carbocycles. The molecule has 1 aromatic carbocycles. The number of hydrogen-bond acceptors (Lipinski definition) is 2. The molecular formula is C15H14F3NO3. The van der Waals surface area contributed by atoms with Crippen LogP contribution < -0.4 is 0 Å². The number of benzene rings is 1. The molecule has 2 aromatic rings. The van der Waals surface area contributed by atoms with Crippen molar-refractivity contribution in [3.05, 3.63) is 35.5 Å². The van der Waals surface area contributed by atoms with Crippen LogP contribution >= 0.6 is 0 Å². The summed E-state index contributed by atoms with van der Waals surface area (Å²) in [6.07, 6.45) is -4.86. The highest BCUT2D eigenvalue weighted by Crippen LogP contribution is 2.42. The van der Waals surface area contributed by atoms with Gasteiger partial charge in [-0.15, -0.1) is 0 Å². The van der Waals surface area contributed by atoms with Crippen molar-refractivity contribution in [2.45, 2.75) is 31.7 Å². The second-order valence-corrected chi connectivity index (χ2v) is 5.25. The minimum Gasteiger partial charge on any atom is -0.481 e. The molecule has 0 aliphatic carbocycles. The molecular weight excluding hydrogens is 299 g/mol. The molecule has 118 valence electrons. The SMILES string of the molecule is O=C(O)Cc1c(C(F)(F)F)n(C2CCCO2)c2ccccc12. The van der Waals surface area contributed by atoms with Crippen LogP contribution in [0.25, 0.3) is 10.9 Å². The second kappa shape index (κ2) is 5.31. The van der Waals surface area contributed by atoms with Gasteiger partial charge in [0.2, 0.25) is 0 Å². The lowest BCUT2D eigenvalue weighted by molar-refractivity contribution is -0.148. The van der Waals surface area contributed by atoms with Crippen LogP contribution in [0.3, 0.4) is 0 Å². The molecule has 22 heavy (non-hydrogen) atoms. The van der Waals surface area contributed by atoms with Crippen molar-refractivity contribution >= 4 is 16.9 Å². The average molecular weight is 313 g/mol. The summed E-state index contributed by atoms with van der Waals surface area (Å²) in [5.74, 6) is -1.29. The zero-order chi connectivity index (χ0) is 15.9. The molecule has 1 unspecified atom stereocenters. The first kappa shape index (κ1) is 14.9. The summed E-state index contributed by atoms with van der Waals surface area (Å²) in [5.41, 5.74) is -0.757. The van der Waals surface area contributed by atoms with Gasteiger partial charge in [0, 0.05) is 17.6 Å². The first-order valence-corrected chi connectivity index (χ1v) is 6.92. The van der Waals surface area contributed by atoms with E-state index in [4.69, 9.17) is 9.84 Å². The average Bonchev–Trinajstić information content (AvgIpc) is 3.03. The van der Waals surface area contributed by atoms with E-state index in [0.29, 0.717) is 30.4 Å². The molecule has 0 radical (unpaired) electrons. The number of alkyl halides is 3. The quantitative estimate of drug-likeness (QED) is 0.942. The Balaban J connectivity index is 2.32. The summed E-state index contributed by atoms with van der Waals surface area (Å²) < 4.78 is 47.3. The van der Waals surface area contributed by atoms with Gasteiger partial charge in [-0.1, -0.05) is 18.2 Å². The number of hydrogen-bond donors (Lipinski definition) is 1. The summed E-state index contributed by atoms with van der Waals surface area (Å²) in [6, 6.07) is 6.33. The number of aromatic nitrogens is 1. The van der Waals surface area contributed by atoms with E-state index < -0.39 is 30.5 Å². The van der Waals surface area contributed by atoms with Gasteiger partial charge in [0.05, 0.1) is 11.9 Å². The van der Waals surface area contributed by atoms with E-state index in [1.54, 1.807) is 18.2 Å². The molecule has 2 heterocycles. The molecule has 1 aliphatic rings. The predicted molar refractivity (Wildman–Crippen MR) is 72.5 cm³/mol. The third-order valence-corrected chi connectivity index (χ3v) is 3.81. The first-order chi connectivity index (χ1) is 10.4. The van der Waals surface area contributed by atoms with Gasteiger partial charge in [-0.3, -0.25) is 4.79 Å². The van der Waals surface area contributed by atoms with Crippen molar-refractivity contribution in [3.8, 4) is 0 Å². The highest BCUT2D eigenvalue weighted by Gasteiger charge is 2.41. The number of aliphatic carboxylic acids is 1. The first-order valence-electron chi connectivity index (χ1n) is 6.92. The zero-order valence-corrected chi connectivity index (χ0v) is 11.6. The minimum absolute atomic E-state index is 0.203. The van der Waals surface area contributed by atoms with Crippen molar-refractivity contribution in [1.29, 1.82) is 0 Å². The Hall–Kier alpha value is -2.02. The number of carbonyl (C=O) groups is 1. The Morgan fingerprint density at radius 1 is 1.36 bits per heavy atom. The van der Waals surface area contributed by atoms with E-state index in [-0.39, 0.29) is 5.56 Å². The fraction of sp³-hybridized carbons (Fsp3) is 0.400. The number of halogens is 3. The summed E-state index contributed by atoms with van der Waals surface area (Å²) in [5, 5.41) is 9.30. The standard InChI is InChI=1S/C15H14F3NO3/c16-15(17,18)14-10(8-13(20)21)9-4-1-2-5-11(9)19(14)12-6-3-7-22-12/h1-2,4-5,12H,3,6-8H2,(H,20,21). The Labute approximate surface area is 124 Å². The molecule has 3 rings (SSSR count). The second-order valence-electron chi connectivity index (χ2n) is 5.25. The van der Waals surface area contributed by atoms with E-state index in [9.17, 15) is 18.0 Å². The lowest BCUT2D eigenvalue weighted by Gasteiger charge is -2.19.